The molecule has 100 valence electrons. The molecule has 1 aromatic carbocycles. The molecule has 2 aromatic rings. The zero-order valence-corrected chi connectivity index (χ0v) is 11.6. The van der Waals surface area contributed by atoms with Crippen LogP contribution in [0.1, 0.15) is 25.3 Å². The molecule has 19 heavy (non-hydrogen) atoms. The van der Waals surface area contributed by atoms with Crippen molar-refractivity contribution in [2.45, 2.75) is 25.3 Å². The zero-order chi connectivity index (χ0) is 13.1. The van der Waals surface area contributed by atoms with E-state index in [-0.39, 0.29) is 0 Å². The molecular weight excluding hydrogens is 258 g/mol. The van der Waals surface area contributed by atoms with Gasteiger partial charge in [0.1, 0.15) is 0 Å². The van der Waals surface area contributed by atoms with Crippen molar-refractivity contribution in [1.29, 1.82) is 0 Å². The third-order valence-electron chi connectivity index (χ3n) is 3.72. The average molecular weight is 276 g/mol. The lowest BCUT2D eigenvalue weighted by Gasteiger charge is -2.19. The standard InChI is InChI=1S/C15H18ClN3/c16-13-6-4-12(5-7-13)15-10-18-11-19(15)14-3-1-2-8-17-9-14/h4-7,10-11,14,17H,1-3,8-9H2. The Bertz CT molecular complexity index is 525. The minimum absolute atomic E-state index is 0.496. The van der Waals surface area contributed by atoms with Gasteiger partial charge in [0.05, 0.1) is 18.2 Å². The van der Waals surface area contributed by atoms with E-state index in [1.807, 2.05) is 24.7 Å². The molecule has 1 aromatic heterocycles. The quantitative estimate of drug-likeness (QED) is 0.909. The maximum atomic E-state index is 5.95. The Labute approximate surface area is 118 Å². The number of nitrogens with zero attached hydrogens (tertiary/aromatic N) is 2. The van der Waals surface area contributed by atoms with Gasteiger partial charge in [0.25, 0.3) is 0 Å². The maximum Gasteiger partial charge on any atom is 0.0954 e. The molecule has 0 bridgehead atoms. The van der Waals surface area contributed by atoms with Crippen molar-refractivity contribution >= 4 is 11.6 Å². The van der Waals surface area contributed by atoms with Crippen LogP contribution in [0.4, 0.5) is 0 Å². The second-order valence-corrected chi connectivity index (χ2v) is 5.48. The third-order valence-corrected chi connectivity index (χ3v) is 3.97. The van der Waals surface area contributed by atoms with E-state index in [0.717, 1.165) is 18.1 Å². The predicted molar refractivity (Wildman–Crippen MR) is 78.4 cm³/mol. The van der Waals surface area contributed by atoms with Crippen molar-refractivity contribution in [2.75, 3.05) is 13.1 Å². The largest absolute Gasteiger partial charge is 0.326 e. The van der Waals surface area contributed by atoms with Crippen LogP contribution in [-0.2, 0) is 0 Å². The molecule has 0 spiro atoms. The first-order valence-corrected chi connectivity index (χ1v) is 7.21. The summed E-state index contributed by atoms with van der Waals surface area (Å²) in [6.45, 7) is 2.15. The van der Waals surface area contributed by atoms with Crippen molar-refractivity contribution < 1.29 is 0 Å². The second kappa shape index (κ2) is 5.76. The van der Waals surface area contributed by atoms with Crippen LogP contribution in [0.3, 0.4) is 0 Å². The Kier molecular flexibility index (Phi) is 3.85. The fourth-order valence-electron chi connectivity index (χ4n) is 2.68. The molecule has 0 amide bonds. The van der Waals surface area contributed by atoms with E-state index in [1.54, 1.807) is 0 Å². The number of halogens is 1. The molecule has 1 N–H and O–H groups in total. The molecule has 3 nitrogen and oxygen atoms in total. The molecule has 0 radical (unpaired) electrons. The number of nitrogens with one attached hydrogen (secondary N) is 1. The molecule has 0 saturated carbocycles. The van der Waals surface area contributed by atoms with E-state index >= 15 is 0 Å². The first kappa shape index (κ1) is 12.7. The van der Waals surface area contributed by atoms with Crippen LogP contribution in [0.5, 0.6) is 0 Å². The van der Waals surface area contributed by atoms with E-state index in [2.05, 4.69) is 27.0 Å². The Morgan fingerprint density at radius 2 is 2.05 bits per heavy atom. The lowest BCUT2D eigenvalue weighted by atomic mass is 10.1. The van der Waals surface area contributed by atoms with Gasteiger partial charge in [0, 0.05) is 17.6 Å². The number of benzene rings is 1. The Hall–Kier alpha value is -1.32. The molecule has 1 aliphatic heterocycles. The van der Waals surface area contributed by atoms with E-state index in [9.17, 15) is 0 Å². The highest BCUT2D eigenvalue weighted by atomic mass is 35.5. The Morgan fingerprint density at radius 3 is 2.89 bits per heavy atom. The van der Waals surface area contributed by atoms with Crippen LogP contribution in [0.15, 0.2) is 36.8 Å². The van der Waals surface area contributed by atoms with Gasteiger partial charge in [-0.2, -0.15) is 0 Å². The monoisotopic (exact) mass is 275 g/mol. The Balaban J connectivity index is 1.90. The first-order chi connectivity index (χ1) is 9.34. The van der Waals surface area contributed by atoms with Gasteiger partial charge >= 0.3 is 0 Å². The summed E-state index contributed by atoms with van der Waals surface area (Å²) in [6.07, 6.45) is 7.64. The molecule has 4 heteroatoms. The van der Waals surface area contributed by atoms with Crippen LogP contribution in [0.2, 0.25) is 5.02 Å². The van der Waals surface area contributed by atoms with Crippen LogP contribution in [-0.4, -0.2) is 22.6 Å². The van der Waals surface area contributed by atoms with Gasteiger partial charge in [-0.05, 0) is 37.1 Å². The number of imidazole rings is 1. The van der Waals surface area contributed by atoms with Crippen molar-refractivity contribution in [1.82, 2.24) is 14.9 Å². The van der Waals surface area contributed by atoms with Gasteiger partial charge in [0.15, 0.2) is 0 Å². The lowest BCUT2D eigenvalue weighted by Crippen LogP contribution is -2.23. The molecule has 1 unspecified atom stereocenters. The Morgan fingerprint density at radius 1 is 1.21 bits per heavy atom. The molecule has 1 fully saturated rings. The molecule has 1 atom stereocenters. The van der Waals surface area contributed by atoms with Gasteiger partial charge in [-0.25, -0.2) is 4.98 Å². The van der Waals surface area contributed by atoms with Crippen molar-refractivity contribution in [3.63, 3.8) is 0 Å². The summed E-state index contributed by atoms with van der Waals surface area (Å²) in [5.74, 6) is 0. The molecule has 3 rings (SSSR count). The lowest BCUT2D eigenvalue weighted by molar-refractivity contribution is 0.464. The van der Waals surface area contributed by atoms with E-state index < -0.39 is 0 Å². The third kappa shape index (κ3) is 2.82. The highest BCUT2D eigenvalue weighted by Crippen LogP contribution is 2.26. The summed E-state index contributed by atoms with van der Waals surface area (Å²) in [4.78, 5) is 4.33. The predicted octanol–water partition coefficient (Wildman–Crippen LogP) is 3.52. The molecule has 0 aliphatic carbocycles. The van der Waals surface area contributed by atoms with Gasteiger partial charge in [0.2, 0.25) is 0 Å². The van der Waals surface area contributed by atoms with Crippen LogP contribution in [0, 0.1) is 0 Å². The molecule has 1 aliphatic rings. The van der Waals surface area contributed by atoms with Crippen molar-refractivity contribution in [2.24, 2.45) is 0 Å². The van der Waals surface area contributed by atoms with Gasteiger partial charge in [-0.15, -0.1) is 0 Å². The van der Waals surface area contributed by atoms with Crippen LogP contribution in [0.25, 0.3) is 11.3 Å². The molecule has 2 heterocycles. The smallest absolute Gasteiger partial charge is 0.0954 e. The van der Waals surface area contributed by atoms with Crippen molar-refractivity contribution in [3.05, 3.63) is 41.8 Å². The zero-order valence-electron chi connectivity index (χ0n) is 10.8. The molecular formula is C15H18ClN3. The number of aromatic nitrogens is 2. The second-order valence-electron chi connectivity index (χ2n) is 5.05. The summed E-state index contributed by atoms with van der Waals surface area (Å²) in [5.41, 5.74) is 2.34. The van der Waals surface area contributed by atoms with Crippen LogP contribution < -0.4 is 5.32 Å². The van der Waals surface area contributed by atoms with E-state index in [0.29, 0.717) is 6.04 Å². The van der Waals surface area contributed by atoms with Gasteiger partial charge in [-0.3, -0.25) is 0 Å². The number of hydrogen-bond donors (Lipinski definition) is 1. The number of rotatable bonds is 2. The van der Waals surface area contributed by atoms with Gasteiger partial charge in [-0.1, -0.05) is 30.2 Å². The molecule has 1 saturated heterocycles. The fraction of sp³-hybridized carbons (Fsp3) is 0.400. The SMILES string of the molecule is Clc1ccc(-c2cncn2C2CCCCNC2)cc1. The highest BCUT2D eigenvalue weighted by molar-refractivity contribution is 6.30. The van der Waals surface area contributed by atoms with Gasteiger partial charge < -0.3 is 9.88 Å². The normalized spacial score (nSPS) is 20.2. The maximum absolute atomic E-state index is 5.95. The summed E-state index contributed by atoms with van der Waals surface area (Å²) in [7, 11) is 0. The summed E-state index contributed by atoms with van der Waals surface area (Å²) in [5, 5.41) is 4.27. The first-order valence-electron chi connectivity index (χ1n) is 6.83. The summed E-state index contributed by atoms with van der Waals surface area (Å²) < 4.78 is 2.29. The van der Waals surface area contributed by atoms with Crippen LogP contribution >= 0.6 is 11.6 Å². The minimum atomic E-state index is 0.496. The summed E-state index contributed by atoms with van der Waals surface area (Å²) >= 11 is 5.95. The van der Waals surface area contributed by atoms with Crippen molar-refractivity contribution in [3.8, 4) is 11.3 Å². The van der Waals surface area contributed by atoms with E-state index in [1.165, 1.54) is 30.5 Å². The minimum Gasteiger partial charge on any atom is -0.326 e. The number of hydrogen-bond acceptors (Lipinski definition) is 2. The van der Waals surface area contributed by atoms with E-state index in [4.69, 9.17) is 11.6 Å². The fourth-order valence-corrected chi connectivity index (χ4v) is 2.80. The summed E-state index contributed by atoms with van der Waals surface area (Å²) in [6, 6.07) is 8.47. The topological polar surface area (TPSA) is 29.9 Å². The average Bonchev–Trinajstić information content (AvgIpc) is 2.75. The highest BCUT2D eigenvalue weighted by Gasteiger charge is 2.16.